The zero-order chi connectivity index (χ0) is 13.9. The van der Waals surface area contributed by atoms with Crippen molar-refractivity contribution in [1.29, 1.82) is 0 Å². The molecule has 20 heavy (non-hydrogen) atoms. The summed E-state index contributed by atoms with van der Waals surface area (Å²) in [5.74, 6) is 0.500. The Hall–Kier alpha value is -1.80. The summed E-state index contributed by atoms with van der Waals surface area (Å²) in [4.78, 5) is 0. The SMILES string of the molecule is Oc1ccc(CC(O)C2CCCc3ccccc32)cc1. The number of benzene rings is 2. The van der Waals surface area contributed by atoms with Crippen molar-refractivity contribution in [2.24, 2.45) is 0 Å². The molecule has 2 aromatic carbocycles. The van der Waals surface area contributed by atoms with E-state index in [1.54, 1.807) is 12.1 Å². The van der Waals surface area contributed by atoms with Crippen LogP contribution in [-0.4, -0.2) is 16.3 Å². The molecule has 0 bridgehead atoms. The van der Waals surface area contributed by atoms with Crippen LogP contribution in [0.15, 0.2) is 48.5 Å². The molecule has 2 heteroatoms. The highest BCUT2D eigenvalue weighted by Crippen LogP contribution is 2.35. The summed E-state index contributed by atoms with van der Waals surface area (Å²) in [7, 11) is 0. The van der Waals surface area contributed by atoms with Crippen molar-refractivity contribution >= 4 is 0 Å². The van der Waals surface area contributed by atoms with Gasteiger partial charge in [0.2, 0.25) is 0 Å². The summed E-state index contributed by atoms with van der Waals surface area (Å²) in [6.45, 7) is 0. The van der Waals surface area contributed by atoms with E-state index in [4.69, 9.17) is 0 Å². The molecule has 2 nitrogen and oxygen atoms in total. The number of aromatic hydroxyl groups is 1. The van der Waals surface area contributed by atoms with E-state index in [-0.39, 0.29) is 17.8 Å². The van der Waals surface area contributed by atoms with Crippen LogP contribution < -0.4 is 0 Å². The minimum Gasteiger partial charge on any atom is -0.508 e. The quantitative estimate of drug-likeness (QED) is 0.895. The average Bonchev–Trinajstić information content (AvgIpc) is 2.49. The number of phenolic OH excluding ortho intramolecular Hbond substituents is 1. The molecule has 1 aliphatic carbocycles. The predicted octanol–water partition coefficient (Wildman–Crippen LogP) is 3.42. The number of hydrogen-bond donors (Lipinski definition) is 2. The number of rotatable bonds is 3. The summed E-state index contributed by atoms with van der Waals surface area (Å²) >= 11 is 0. The second-order valence-electron chi connectivity index (χ2n) is 5.64. The fourth-order valence-electron chi connectivity index (χ4n) is 3.21. The zero-order valence-electron chi connectivity index (χ0n) is 11.5. The fraction of sp³-hybridized carbons (Fsp3) is 0.333. The van der Waals surface area contributed by atoms with Gasteiger partial charge in [0.25, 0.3) is 0 Å². The van der Waals surface area contributed by atoms with E-state index < -0.39 is 0 Å². The lowest BCUT2D eigenvalue weighted by molar-refractivity contribution is 0.134. The summed E-state index contributed by atoms with van der Waals surface area (Å²) < 4.78 is 0. The number of aliphatic hydroxyl groups is 1. The highest BCUT2D eigenvalue weighted by atomic mass is 16.3. The van der Waals surface area contributed by atoms with Crippen molar-refractivity contribution in [3.63, 3.8) is 0 Å². The molecule has 0 amide bonds. The fourth-order valence-corrected chi connectivity index (χ4v) is 3.21. The van der Waals surface area contributed by atoms with Gasteiger partial charge in [0.05, 0.1) is 6.10 Å². The molecule has 0 saturated carbocycles. The summed E-state index contributed by atoms with van der Waals surface area (Å²) in [5, 5.41) is 19.9. The third-order valence-corrected chi connectivity index (χ3v) is 4.26. The molecule has 2 aromatic rings. The molecule has 0 fully saturated rings. The van der Waals surface area contributed by atoms with Gasteiger partial charge in [-0.25, -0.2) is 0 Å². The second kappa shape index (κ2) is 5.68. The minimum absolute atomic E-state index is 0.230. The van der Waals surface area contributed by atoms with Crippen molar-refractivity contribution in [2.45, 2.75) is 37.7 Å². The van der Waals surface area contributed by atoms with E-state index in [0.717, 1.165) is 24.8 Å². The average molecular weight is 268 g/mol. The summed E-state index contributed by atoms with van der Waals surface area (Å²) in [6.07, 6.45) is 3.60. The molecule has 2 unspecified atom stereocenters. The third kappa shape index (κ3) is 2.70. The van der Waals surface area contributed by atoms with Crippen molar-refractivity contribution in [2.75, 3.05) is 0 Å². The molecule has 2 atom stereocenters. The number of hydrogen-bond acceptors (Lipinski definition) is 2. The number of fused-ring (bicyclic) bond motifs is 1. The van der Waals surface area contributed by atoms with Crippen LogP contribution in [0.3, 0.4) is 0 Å². The Morgan fingerprint density at radius 2 is 1.80 bits per heavy atom. The van der Waals surface area contributed by atoms with Crippen LogP contribution in [0.5, 0.6) is 5.75 Å². The molecular weight excluding hydrogens is 248 g/mol. The molecule has 0 aromatic heterocycles. The topological polar surface area (TPSA) is 40.5 Å². The van der Waals surface area contributed by atoms with Crippen LogP contribution in [0.4, 0.5) is 0 Å². The molecule has 2 N–H and O–H groups in total. The molecule has 104 valence electrons. The maximum absolute atomic E-state index is 10.6. The molecule has 0 radical (unpaired) electrons. The van der Waals surface area contributed by atoms with Crippen LogP contribution in [0.1, 0.15) is 35.4 Å². The molecule has 0 aliphatic heterocycles. The monoisotopic (exact) mass is 268 g/mol. The first-order valence-corrected chi connectivity index (χ1v) is 7.28. The Morgan fingerprint density at radius 3 is 2.60 bits per heavy atom. The van der Waals surface area contributed by atoms with Gasteiger partial charge in [0, 0.05) is 5.92 Å². The Bertz CT molecular complexity index is 574. The van der Waals surface area contributed by atoms with E-state index >= 15 is 0 Å². The Labute approximate surface area is 119 Å². The molecular formula is C18H20O2. The van der Waals surface area contributed by atoms with Crippen molar-refractivity contribution in [3.05, 3.63) is 65.2 Å². The maximum atomic E-state index is 10.6. The Morgan fingerprint density at radius 1 is 1.05 bits per heavy atom. The van der Waals surface area contributed by atoms with Crippen molar-refractivity contribution in [3.8, 4) is 5.75 Å². The number of aliphatic hydroxyl groups excluding tert-OH is 1. The van der Waals surface area contributed by atoms with E-state index in [1.807, 2.05) is 12.1 Å². The first-order chi connectivity index (χ1) is 9.74. The van der Waals surface area contributed by atoms with Gasteiger partial charge in [-0.15, -0.1) is 0 Å². The first kappa shape index (κ1) is 13.2. The van der Waals surface area contributed by atoms with E-state index in [0.29, 0.717) is 6.42 Å². The lowest BCUT2D eigenvalue weighted by Gasteiger charge is -2.29. The zero-order valence-corrected chi connectivity index (χ0v) is 11.5. The van der Waals surface area contributed by atoms with E-state index in [9.17, 15) is 10.2 Å². The molecule has 0 spiro atoms. The van der Waals surface area contributed by atoms with Gasteiger partial charge in [0.1, 0.15) is 5.75 Å². The molecule has 3 rings (SSSR count). The highest BCUT2D eigenvalue weighted by molar-refractivity contribution is 5.34. The van der Waals surface area contributed by atoms with Gasteiger partial charge in [-0.05, 0) is 54.5 Å². The van der Waals surface area contributed by atoms with Crippen LogP contribution in [0.2, 0.25) is 0 Å². The standard InChI is InChI=1S/C18H20O2/c19-15-10-8-13(9-11-15)12-18(20)17-7-3-5-14-4-1-2-6-16(14)17/h1-2,4,6,8-11,17-20H,3,5,7,12H2. The largest absolute Gasteiger partial charge is 0.508 e. The Balaban J connectivity index is 1.78. The van der Waals surface area contributed by atoms with Gasteiger partial charge in [-0.2, -0.15) is 0 Å². The van der Waals surface area contributed by atoms with Gasteiger partial charge in [-0.3, -0.25) is 0 Å². The smallest absolute Gasteiger partial charge is 0.115 e. The van der Waals surface area contributed by atoms with Gasteiger partial charge >= 0.3 is 0 Å². The molecule has 1 aliphatic rings. The molecule has 0 heterocycles. The number of aryl methyl sites for hydroxylation is 1. The third-order valence-electron chi connectivity index (χ3n) is 4.26. The highest BCUT2D eigenvalue weighted by Gasteiger charge is 2.26. The Kier molecular flexibility index (Phi) is 3.75. The summed E-state index contributed by atoms with van der Waals surface area (Å²) in [6, 6.07) is 15.6. The summed E-state index contributed by atoms with van der Waals surface area (Å²) in [5.41, 5.74) is 3.76. The van der Waals surface area contributed by atoms with Gasteiger partial charge in [0.15, 0.2) is 0 Å². The lowest BCUT2D eigenvalue weighted by Crippen LogP contribution is -2.24. The minimum atomic E-state index is -0.360. The van der Waals surface area contributed by atoms with Crippen molar-refractivity contribution < 1.29 is 10.2 Å². The maximum Gasteiger partial charge on any atom is 0.115 e. The van der Waals surface area contributed by atoms with Crippen LogP contribution in [0, 0.1) is 0 Å². The lowest BCUT2D eigenvalue weighted by atomic mass is 9.78. The van der Waals surface area contributed by atoms with Gasteiger partial charge in [-0.1, -0.05) is 36.4 Å². The van der Waals surface area contributed by atoms with Gasteiger partial charge < -0.3 is 10.2 Å². The normalized spacial score (nSPS) is 19.4. The van der Waals surface area contributed by atoms with E-state index in [1.165, 1.54) is 11.1 Å². The predicted molar refractivity (Wildman–Crippen MR) is 79.9 cm³/mol. The van der Waals surface area contributed by atoms with Crippen LogP contribution in [-0.2, 0) is 12.8 Å². The van der Waals surface area contributed by atoms with Crippen molar-refractivity contribution in [1.82, 2.24) is 0 Å². The van der Waals surface area contributed by atoms with Crippen LogP contribution >= 0.6 is 0 Å². The first-order valence-electron chi connectivity index (χ1n) is 7.28. The molecule has 0 saturated heterocycles. The number of phenols is 1. The van der Waals surface area contributed by atoms with Crippen LogP contribution in [0.25, 0.3) is 0 Å². The second-order valence-corrected chi connectivity index (χ2v) is 5.64. The van der Waals surface area contributed by atoms with E-state index in [2.05, 4.69) is 24.3 Å².